The first kappa shape index (κ1) is 32.4. The molecule has 284 valence electrons. The molecule has 15 rings (SSSR count). The quantitative estimate of drug-likeness (QED) is 0.167. The Balaban J connectivity index is 1.02. The van der Waals surface area contributed by atoms with E-state index in [1.165, 1.54) is 81.4 Å². The van der Waals surface area contributed by atoms with Crippen molar-refractivity contribution in [1.82, 2.24) is 23.9 Å². The van der Waals surface area contributed by atoms with Crippen LogP contribution in [0.2, 0.25) is 0 Å². The summed E-state index contributed by atoms with van der Waals surface area (Å²) in [5.41, 5.74) is 10.3. The fraction of sp³-hybridized carbons (Fsp3) is 0. The summed E-state index contributed by atoms with van der Waals surface area (Å²) < 4.78 is 5.06. The normalized spacial score (nSPS) is 12.5. The van der Waals surface area contributed by atoms with Gasteiger partial charge in [0.05, 0.1) is 33.3 Å². The molecule has 5 heteroatoms. The van der Waals surface area contributed by atoms with E-state index < -0.39 is 0 Å². The molecule has 10 aromatic carbocycles. The van der Waals surface area contributed by atoms with Gasteiger partial charge in [0.2, 0.25) is 0 Å². The van der Waals surface area contributed by atoms with Crippen LogP contribution in [0, 0.1) is 0 Å². The monoisotopic (exact) mass is 785 g/mol. The largest absolute Gasteiger partial charge is 0.309 e. The van der Waals surface area contributed by atoms with Crippen molar-refractivity contribution >= 4 is 103 Å². The lowest BCUT2D eigenvalue weighted by molar-refractivity contribution is 1.08. The third kappa shape index (κ3) is 4.05. The summed E-state index contributed by atoms with van der Waals surface area (Å²) in [6, 6.07) is 68.0. The summed E-state index contributed by atoms with van der Waals surface area (Å²) in [5.74, 6) is 1.93. The zero-order chi connectivity index (χ0) is 40.2. The summed E-state index contributed by atoms with van der Waals surface area (Å²) in [7, 11) is 0. The van der Waals surface area contributed by atoms with Gasteiger partial charge in [-0.15, -0.1) is 0 Å². The van der Waals surface area contributed by atoms with Crippen LogP contribution in [-0.4, -0.2) is 23.9 Å². The minimum atomic E-state index is 0.639. The molecule has 15 aromatic rings. The van der Waals surface area contributed by atoms with Crippen molar-refractivity contribution in [2.75, 3.05) is 0 Å². The molecule has 0 spiro atoms. The van der Waals surface area contributed by atoms with E-state index in [4.69, 9.17) is 15.0 Å². The summed E-state index contributed by atoms with van der Waals surface area (Å²) >= 11 is 0. The number of benzene rings is 10. The summed E-state index contributed by atoms with van der Waals surface area (Å²) in [6.45, 7) is 0. The van der Waals surface area contributed by atoms with E-state index in [0.29, 0.717) is 17.5 Å². The highest BCUT2D eigenvalue weighted by atomic mass is 15.0. The Morgan fingerprint density at radius 3 is 1.60 bits per heavy atom. The number of para-hydroxylation sites is 2. The molecule has 0 fully saturated rings. The van der Waals surface area contributed by atoms with Crippen molar-refractivity contribution in [3.05, 3.63) is 188 Å². The van der Waals surface area contributed by atoms with Crippen molar-refractivity contribution in [3.63, 3.8) is 0 Å². The highest BCUT2D eigenvalue weighted by molar-refractivity contribution is 6.38. The molecule has 0 saturated heterocycles. The van der Waals surface area contributed by atoms with Gasteiger partial charge in [-0.1, -0.05) is 158 Å². The Labute approximate surface area is 353 Å². The molecule has 0 unspecified atom stereocenters. The maximum atomic E-state index is 5.38. The molecule has 0 amide bonds. The molecule has 5 heterocycles. The van der Waals surface area contributed by atoms with E-state index >= 15 is 0 Å². The Bertz CT molecular complexity index is 4330. The minimum Gasteiger partial charge on any atom is -0.309 e. The number of nitrogens with zero attached hydrogens (tertiary/aromatic N) is 5. The third-order valence-corrected chi connectivity index (χ3v) is 13.6. The van der Waals surface area contributed by atoms with E-state index in [2.05, 4.69) is 179 Å². The molecular weight excluding hydrogens is 755 g/mol. The fourth-order valence-electron chi connectivity index (χ4n) is 11.1. The van der Waals surface area contributed by atoms with E-state index in [1.54, 1.807) is 0 Å². The summed E-state index contributed by atoms with van der Waals surface area (Å²) in [6.07, 6.45) is 0. The van der Waals surface area contributed by atoms with Crippen molar-refractivity contribution < 1.29 is 0 Å². The van der Waals surface area contributed by atoms with Crippen LogP contribution in [-0.2, 0) is 0 Å². The van der Waals surface area contributed by atoms with Crippen molar-refractivity contribution in [2.45, 2.75) is 0 Å². The smallest absolute Gasteiger partial charge is 0.164 e. The maximum Gasteiger partial charge on any atom is 0.164 e. The topological polar surface area (TPSA) is 48.0 Å². The number of hydrogen-bond acceptors (Lipinski definition) is 3. The first-order valence-corrected chi connectivity index (χ1v) is 21.2. The van der Waals surface area contributed by atoms with E-state index in [0.717, 1.165) is 43.9 Å². The zero-order valence-electron chi connectivity index (χ0n) is 33.1. The molecule has 0 N–H and O–H groups in total. The first-order valence-electron chi connectivity index (χ1n) is 21.2. The number of fused-ring (bicyclic) bond motifs is 7. The highest BCUT2D eigenvalue weighted by Crippen LogP contribution is 2.49. The predicted molar refractivity (Wildman–Crippen MR) is 258 cm³/mol. The highest BCUT2D eigenvalue weighted by Gasteiger charge is 2.27. The Morgan fingerprint density at radius 1 is 0.306 bits per heavy atom. The van der Waals surface area contributed by atoms with Gasteiger partial charge in [0.15, 0.2) is 17.5 Å². The molecule has 0 atom stereocenters. The molecule has 5 nitrogen and oxygen atoms in total. The Kier molecular flexibility index (Phi) is 6.10. The molecule has 0 aliphatic carbocycles. The van der Waals surface area contributed by atoms with Crippen LogP contribution in [0.5, 0.6) is 0 Å². The van der Waals surface area contributed by atoms with Gasteiger partial charge >= 0.3 is 0 Å². The molecule has 0 bridgehead atoms. The molecule has 0 saturated carbocycles. The van der Waals surface area contributed by atoms with Crippen molar-refractivity contribution in [3.8, 4) is 39.9 Å². The van der Waals surface area contributed by atoms with Gasteiger partial charge < -0.3 is 8.97 Å². The van der Waals surface area contributed by atoms with E-state index in [-0.39, 0.29) is 0 Å². The number of rotatable bonds is 4. The van der Waals surface area contributed by atoms with Gasteiger partial charge in [0.1, 0.15) is 0 Å². The SMILES string of the molecule is c1ccc(-c2nc(-c3ccc(-n4c5cccc6c7cccc8c9cccc%10c%11ccc4c(c65)c%11n(c78)c9%10)c4ccccc34)nc(-c3cc4ccccc4c4ccccc34)n2)cc1. The van der Waals surface area contributed by atoms with Crippen LogP contribution in [0.3, 0.4) is 0 Å². The Morgan fingerprint density at radius 2 is 0.839 bits per heavy atom. The first-order chi connectivity index (χ1) is 30.8. The van der Waals surface area contributed by atoms with Gasteiger partial charge in [-0.3, -0.25) is 0 Å². The van der Waals surface area contributed by atoms with E-state index in [9.17, 15) is 0 Å². The lowest BCUT2D eigenvalue weighted by Gasteiger charge is -2.16. The van der Waals surface area contributed by atoms with Gasteiger partial charge in [-0.2, -0.15) is 0 Å². The van der Waals surface area contributed by atoms with Crippen LogP contribution in [0.15, 0.2) is 188 Å². The average molecular weight is 786 g/mol. The second-order valence-electron chi connectivity index (χ2n) is 16.7. The van der Waals surface area contributed by atoms with Gasteiger partial charge in [0, 0.05) is 59.8 Å². The fourth-order valence-corrected chi connectivity index (χ4v) is 11.1. The van der Waals surface area contributed by atoms with Crippen molar-refractivity contribution in [1.29, 1.82) is 0 Å². The minimum absolute atomic E-state index is 0.639. The van der Waals surface area contributed by atoms with E-state index in [1.807, 2.05) is 18.2 Å². The lowest BCUT2D eigenvalue weighted by atomic mass is 9.96. The molecular formula is C57H31N5. The third-order valence-electron chi connectivity index (χ3n) is 13.6. The van der Waals surface area contributed by atoms with Crippen LogP contribution in [0.1, 0.15) is 0 Å². The zero-order valence-corrected chi connectivity index (χ0v) is 33.1. The van der Waals surface area contributed by atoms with Crippen LogP contribution >= 0.6 is 0 Å². The Hall–Kier alpha value is -8.41. The molecule has 62 heavy (non-hydrogen) atoms. The standard InChI is InChI=1S/C57H31N5/c1-2-13-32(14-3-1)55-58-56(60-57(59-55)46-31-33-15-4-5-16-34(33)35-17-6-7-18-36(35)46)45-28-29-47(38-20-9-8-19-37(38)45)61-48-26-12-21-39-40-22-10-23-41-42-24-11-25-43-44-27-30-49(61)51(50(39)48)54(44)62(52(40)41)53(42)43/h1-31H. The van der Waals surface area contributed by atoms with Gasteiger partial charge in [-0.25, -0.2) is 15.0 Å². The number of hydrogen-bond donors (Lipinski definition) is 0. The maximum absolute atomic E-state index is 5.38. The molecule has 0 aliphatic rings. The molecule has 0 aliphatic heterocycles. The average Bonchev–Trinajstić information content (AvgIpc) is 3.95. The van der Waals surface area contributed by atoms with Gasteiger partial charge in [-0.05, 0) is 62.6 Å². The van der Waals surface area contributed by atoms with Gasteiger partial charge in [0.25, 0.3) is 0 Å². The molecule has 0 radical (unpaired) electrons. The molecule has 5 aromatic heterocycles. The summed E-state index contributed by atoms with van der Waals surface area (Å²) in [5, 5.41) is 17.2. The lowest BCUT2D eigenvalue weighted by Crippen LogP contribution is -2.02. The van der Waals surface area contributed by atoms with Crippen LogP contribution in [0.25, 0.3) is 143 Å². The number of aromatic nitrogens is 5. The predicted octanol–water partition coefficient (Wildman–Crippen LogP) is 14.6. The second kappa shape index (κ2) is 11.7. The van der Waals surface area contributed by atoms with Crippen LogP contribution in [0.4, 0.5) is 0 Å². The summed E-state index contributed by atoms with van der Waals surface area (Å²) in [4.78, 5) is 15.9. The second-order valence-corrected chi connectivity index (χ2v) is 16.7. The van der Waals surface area contributed by atoms with Crippen molar-refractivity contribution in [2.24, 2.45) is 0 Å². The van der Waals surface area contributed by atoms with Crippen LogP contribution < -0.4 is 0 Å².